The van der Waals surface area contributed by atoms with Gasteiger partial charge in [-0.25, -0.2) is 0 Å². The molecule has 4 aromatic carbocycles. The van der Waals surface area contributed by atoms with E-state index in [0.29, 0.717) is 11.8 Å². The molecule has 0 amide bonds. The first-order chi connectivity index (χ1) is 15.0. The summed E-state index contributed by atoms with van der Waals surface area (Å²) in [5.74, 6) is 0.733. The fraction of sp³-hybridized carbons (Fsp3) is 0.200. The molecule has 1 unspecified atom stereocenters. The lowest BCUT2D eigenvalue weighted by molar-refractivity contribution is 0.278. The predicted octanol–water partition coefficient (Wildman–Crippen LogP) is 8.94. The third kappa shape index (κ3) is 2.59. The molecule has 0 heterocycles. The summed E-state index contributed by atoms with van der Waals surface area (Å²) in [4.78, 5) is 0. The molecule has 0 aliphatic heterocycles. The molecule has 0 N–H and O–H groups in total. The Balaban J connectivity index is 1.58. The Morgan fingerprint density at radius 3 is 1.97 bits per heavy atom. The molecule has 0 saturated carbocycles. The van der Waals surface area contributed by atoms with E-state index in [2.05, 4.69) is 122 Å². The lowest BCUT2D eigenvalue weighted by Crippen LogP contribution is -2.29. The molecular formula is C30H25Br. The molecule has 1 atom stereocenters. The Morgan fingerprint density at radius 2 is 1.29 bits per heavy atom. The SMILES string of the molecule is CC1=Cc2c(cc3ccccc3c2Br)C1C(C)(C)C1c2ccccc2-c2ccccc21. The van der Waals surface area contributed by atoms with Gasteiger partial charge in [0, 0.05) is 16.3 Å². The van der Waals surface area contributed by atoms with E-state index in [1.54, 1.807) is 0 Å². The summed E-state index contributed by atoms with van der Waals surface area (Å²) in [6.45, 7) is 7.25. The zero-order valence-corrected chi connectivity index (χ0v) is 19.7. The van der Waals surface area contributed by atoms with Gasteiger partial charge in [-0.15, -0.1) is 0 Å². The van der Waals surface area contributed by atoms with Crippen molar-refractivity contribution in [2.75, 3.05) is 0 Å². The van der Waals surface area contributed by atoms with E-state index in [0.717, 1.165) is 0 Å². The summed E-state index contributed by atoms with van der Waals surface area (Å²) in [5.41, 5.74) is 10.0. The van der Waals surface area contributed by atoms with Gasteiger partial charge in [-0.1, -0.05) is 98.3 Å². The van der Waals surface area contributed by atoms with Crippen LogP contribution in [0.1, 0.15) is 54.9 Å². The Labute approximate surface area is 192 Å². The van der Waals surface area contributed by atoms with Gasteiger partial charge in [-0.2, -0.15) is 0 Å². The van der Waals surface area contributed by atoms with Gasteiger partial charge in [-0.05, 0) is 78.5 Å². The van der Waals surface area contributed by atoms with E-state index in [1.807, 2.05) is 0 Å². The minimum atomic E-state index is 0.0242. The van der Waals surface area contributed by atoms with Crippen molar-refractivity contribution in [1.82, 2.24) is 0 Å². The topological polar surface area (TPSA) is 0 Å². The molecule has 4 aromatic rings. The molecule has 0 radical (unpaired) electrons. The summed E-state index contributed by atoms with van der Waals surface area (Å²) in [5, 5.41) is 2.60. The first kappa shape index (κ1) is 19.1. The molecule has 152 valence electrons. The zero-order valence-electron chi connectivity index (χ0n) is 18.1. The lowest BCUT2D eigenvalue weighted by Gasteiger charge is -2.40. The minimum absolute atomic E-state index is 0.0242. The number of fused-ring (bicyclic) bond motifs is 5. The monoisotopic (exact) mass is 464 g/mol. The summed E-state index contributed by atoms with van der Waals surface area (Å²) < 4.78 is 1.23. The Hall–Kier alpha value is -2.64. The van der Waals surface area contributed by atoms with Gasteiger partial charge in [0.2, 0.25) is 0 Å². The van der Waals surface area contributed by atoms with Crippen molar-refractivity contribution in [3.63, 3.8) is 0 Å². The molecule has 0 saturated heterocycles. The number of hydrogen-bond acceptors (Lipinski definition) is 0. The van der Waals surface area contributed by atoms with Crippen LogP contribution in [0.4, 0.5) is 0 Å². The van der Waals surface area contributed by atoms with Crippen molar-refractivity contribution in [1.29, 1.82) is 0 Å². The molecule has 0 aromatic heterocycles. The van der Waals surface area contributed by atoms with Crippen LogP contribution in [0, 0.1) is 5.41 Å². The van der Waals surface area contributed by atoms with Gasteiger partial charge in [0.1, 0.15) is 0 Å². The molecule has 31 heavy (non-hydrogen) atoms. The van der Waals surface area contributed by atoms with Crippen LogP contribution in [0.5, 0.6) is 0 Å². The van der Waals surface area contributed by atoms with Gasteiger partial charge in [0.15, 0.2) is 0 Å². The Kier molecular flexibility index (Phi) is 4.11. The molecule has 2 aliphatic carbocycles. The van der Waals surface area contributed by atoms with Crippen LogP contribution < -0.4 is 0 Å². The van der Waals surface area contributed by atoms with Gasteiger partial charge >= 0.3 is 0 Å². The second-order valence-electron chi connectivity index (χ2n) is 9.66. The van der Waals surface area contributed by atoms with E-state index < -0.39 is 0 Å². The third-order valence-electron chi connectivity index (χ3n) is 7.52. The molecule has 6 rings (SSSR count). The van der Waals surface area contributed by atoms with Gasteiger partial charge in [0.25, 0.3) is 0 Å². The van der Waals surface area contributed by atoms with Crippen LogP contribution in [-0.4, -0.2) is 0 Å². The average Bonchev–Trinajstić information content (AvgIpc) is 3.29. The normalized spacial score (nSPS) is 17.4. The van der Waals surface area contributed by atoms with Gasteiger partial charge < -0.3 is 0 Å². The number of allylic oxidation sites excluding steroid dienone is 1. The van der Waals surface area contributed by atoms with Crippen LogP contribution >= 0.6 is 15.9 Å². The van der Waals surface area contributed by atoms with E-state index in [1.165, 1.54) is 54.2 Å². The zero-order chi connectivity index (χ0) is 21.3. The van der Waals surface area contributed by atoms with E-state index in [-0.39, 0.29) is 5.41 Å². The number of halogens is 1. The minimum Gasteiger partial charge on any atom is -0.0646 e. The second kappa shape index (κ2) is 6.68. The molecule has 0 bridgehead atoms. The van der Waals surface area contributed by atoms with Crippen molar-refractivity contribution >= 4 is 32.8 Å². The summed E-state index contributed by atoms with van der Waals surface area (Å²) in [6, 6.07) is 29.1. The summed E-state index contributed by atoms with van der Waals surface area (Å²) in [6.07, 6.45) is 2.41. The van der Waals surface area contributed by atoms with Crippen molar-refractivity contribution < 1.29 is 0 Å². The standard InChI is InChI=1S/C30H25Br/c1-18-16-26-25(17-19-10-4-5-11-20(19)29(26)31)27(18)30(2,3)28-23-14-8-6-12-21(23)22-13-7-9-15-24(22)28/h4-17,27-28H,1-3H3. The van der Waals surface area contributed by atoms with Crippen LogP contribution in [0.25, 0.3) is 28.0 Å². The van der Waals surface area contributed by atoms with Crippen LogP contribution in [-0.2, 0) is 0 Å². The summed E-state index contributed by atoms with van der Waals surface area (Å²) in [7, 11) is 0. The van der Waals surface area contributed by atoms with Crippen molar-refractivity contribution in [2.45, 2.75) is 32.6 Å². The largest absolute Gasteiger partial charge is 0.0646 e. The lowest BCUT2D eigenvalue weighted by atomic mass is 9.63. The highest BCUT2D eigenvalue weighted by molar-refractivity contribution is 9.10. The quantitative estimate of drug-likeness (QED) is 0.277. The first-order valence-corrected chi connectivity index (χ1v) is 11.9. The molecule has 1 heteroatoms. The van der Waals surface area contributed by atoms with Crippen molar-refractivity contribution in [2.24, 2.45) is 5.41 Å². The number of hydrogen-bond donors (Lipinski definition) is 0. The van der Waals surface area contributed by atoms with Crippen LogP contribution in [0.3, 0.4) is 0 Å². The summed E-state index contributed by atoms with van der Waals surface area (Å²) >= 11 is 3.95. The maximum Gasteiger partial charge on any atom is 0.0329 e. The molecule has 2 aliphatic rings. The van der Waals surface area contributed by atoms with E-state index >= 15 is 0 Å². The fourth-order valence-electron chi connectivity index (χ4n) is 6.39. The van der Waals surface area contributed by atoms with Crippen LogP contribution in [0.2, 0.25) is 0 Å². The Morgan fingerprint density at radius 1 is 0.710 bits per heavy atom. The van der Waals surface area contributed by atoms with Crippen LogP contribution in [0.15, 0.2) is 88.9 Å². The van der Waals surface area contributed by atoms with Crippen molar-refractivity contribution in [3.05, 3.63) is 111 Å². The first-order valence-electron chi connectivity index (χ1n) is 11.1. The Bertz CT molecular complexity index is 1340. The van der Waals surface area contributed by atoms with E-state index in [9.17, 15) is 0 Å². The highest BCUT2D eigenvalue weighted by Crippen LogP contribution is 2.61. The van der Waals surface area contributed by atoms with Crippen molar-refractivity contribution in [3.8, 4) is 11.1 Å². The highest BCUT2D eigenvalue weighted by atomic mass is 79.9. The maximum absolute atomic E-state index is 3.95. The second-order valence-corrected chi connectivity index (χ2v) is 10.5. The average molecular weight is 465 g/mol. The van der Waals surface area contributed by atoms with E-state index in [4.69, 9.17) is 0 Å². The molecule has 0 nitrogen and oxygen atoms in total. The molecule has 0 fully saturated rings. The van der Waals surface area contributed by atoms with Gasteiger partial charge in [-0.3, -0.25) is 0 Å². The molecular weight excluding hydrogens is 440 g/mol. The number of rotatable bonds is 2. The maximum atomic E-state index is 3.95. The predicted molar refractivity (Wildman–Crippen MR) is 136 cm³/mol. The van der Waals surface area contributed by atoms with Gasteiger partial charge in [0.05, 0.1) is 0 Å². The number of benzene rings is 4. The fourth-order valence-corrected chi connectivity index (χ4v) is 7.10. The highest BCUT2D eigenvalue weighted by Gasteiger charge is 2.46. The molecule has 0 spiro atoms. The smallest absolute Gasteiger partial charge is 0.0329 e. The third-order valence-corrected chi connectivity index (χ3v) is 8.37.